The summed E-state index contributed by atoms with van der Waals surface area (Å²) in [5.74, 6) is 0.423. The Bertz CT molecular complexity index is 234. The summed E-state index contributed by atoms with van der Waals surface area (Å²) in [5, 5.41) is 6.66. The molecule has 1 atom stereocenters. The molecule has 0 aliphatic carbocycles. The van der Waals surface area contributed by atoms with Gasteiger partial charge in [0.25, 0.3) is 0 Å². The Hall–Kier alpha value is -0.320. The average molecular weight is 264 g/mol. The number of piperidine rings is 1. The number of amides is 1. The first-order chi connectivity index (χ1) is 7.41. The molecule has 0 aromatic rings. The zero-order valence-corrected chi connectivity index (χ0v) is 11.9. The maximum absolute atomic E-state index is 11.4. The van der Waals surface area contributed by atoms with E-state index in [4.69, 9.17) is 5.73 Å². The van der Waals surface area contributed by atoms with Crippen molar-refractivity contribution in [1.29, 1.82) is 0 Å². The van der Waals surface area contributed by atoms with Gasteiger partial charge in [0.1, 0.15) is 0 Å². The lowest BCUT2D eigenvalue weighted by Crippen LogP contribution is -2.51. The van der Waals surface area contributed by atoms with Gasteiger partial charge in [0.2, 0.25) is 5.91 Å². The fourth-order valence-corrected chi connectivity index (χ4v) is 2.20. The Morgan fingerprint density at radius 2 is 1.94 bits per heavy atom. The highest BCUT2D eigenvalue weighted by Gasteiger charge is 2.29. The van der Waals surface area contributed by atoms with Crippen LogP contribution in [0.4, 0.5) is 0 Å². The first-order valence-electron chi connectivity index (χ1n) is 6.14. The second-order valence-electron chi connectivity index (χ2n) is 5.80. The molecule has 17 heavy (non-hydrogen) atoms. The van der Waals surface area contributed by atoms with E-state index >= 15 is 0 Å². The minimum Gasteiger partial charge on any atom is -0.368 e. The van der Waals surface area contributed by atoms with Gasteiger partial charge >= 0.3 is 0 Å². The summed E-state index contributed by atoms with van der Waals surface area (Å²) in [6.07, 6.45) is 2.37. The topological polar surface area (TPSA) is 67.2 Å². The van der Waals surface area contributed by atoms with Crippen LogP contribution in [0, 0.1) is 11.3 Å². The van der Waals surface area contributed by atoms with Crippen LogP contribution >= 0.6 is 12.4 Å². The van der Waals surface area contributed by atoms with Crippen LogP contribution in [0.5, 0.6) is 0 Å². The third kappa shape index (κ3) is 5.70. The molecule has 0 radical (unpaired) electrons. The van der Waals surface area contributed by atoms with E-state index in [9.17, 15) is 4.79 Å². The fraction of sp³-hybridized carbons (Fsp3) is 0.917. The van der Waals surface area contributed by atoms with Gasteiger partial charge < -0.3 is 16.4 Å². The Balaban J connectivity index is 0.00000256. The first kappa shape index (κ1) is 16.7. The molecule has 0 bridgehead atoms. The molecule has 1 aliphatic rings. The summed E-state index contributed by atoms with van der Waals surface area (Å²) in [6, 6.07) is -0.234. The maximum Gasteiger partial charge on any atom is 0.235 e. The van der Waals surface area contributed by atoms with Gasteiger partial charge in [0.05, 0.1) is 6.04 Å². The van der Waals surface area contributed by atoms with Crippen molar-refractivity contribution in [2.24, 2.45) is 17.1 Å². The molecule has 1 saturated heterocycles. The number of nitrogens with two attached hydrogens (primary N) is 1. The van der Waals surface area contributed by atoms with Gasteiger partial charge in [-0.1, -0.05) is 20.8 Å². The zero-order chi connectivity index (χ0) is 12.2. The average Bonchev–Trinajstić information content (AvgIpc) is 2.17. The van der Waals surface area contributed by atoms with Crippen molar-refractivity contribution >= 4 is 18.3 Å². The third-order valence-electron chi connectivity index (χ3n) is 3.22. The molecule has 4 nitrogen and oxygen atoms in total. The summed E-state index contributed by atoms with van der Waals surface area (Å²) in [5.41, 5.74) is 5.31. The molecule has 5 heteroatoms. The maximum atomic E-state index is 11.4. The number of carbonyl (C=O) groups excluding carboxylic acids is 1. The van der Waals surface area contributed by atoms with Crippen molar-refractivity contribution in [3.8, 4) is 0 Å². The van der Waals surface area contributed by atoms with Crippen LogP contribution in [0.15, 0.2) is 0 Å². The lowest BCUT2D eigenvalue weighted by Gasteiger charge is -2.31. The van der Waals surface area contributed by atoms with Crippen molar-refractivity contribution in [2.45, 2.75) is 39.7 Å². The molecule has 1 rings (SSSR count). The lowest BCUT2D eigenvalue weighted by atomic mass is 9.85. The molecule has 1 amide bonds. The van der Waals surface area contributed by atoms with Gasteiger partial charge in [-0.05, 0) is 43.8 Å². The highest BCUT2D eigenvalue weighted by Crippen LogP contribution is 2.20. The molecule has 4 N–H and O–H groups in total. The largest absolute Gasteiger partial charge is 0.368 e. The van der Waals surface area contributed by atoms with E-state index in [0.29, 0.717) is 5.92 Å². The standard InChI is InChI=1S/C12H25N3O.ClH/c1-12(2,3)10(11(13)16)15-8-9-4-6-14-7-5-9;/h9-10,14-15H,4-8H2,1-3H3,(H2,13,16);1H/t10-;/m1./s1. The van der Waals surface area contributed by atoms with Crippen LogP contribution in [-0.4, -0.2) is 31.6 Å². The Morgan fingerprint density at radius 1 is 1.41 bits per heavy atom. The molecule has 0 spiro atoms. The van der Waals surface area contributed by atoms with Crippen LogP contribution < -0.4 is 16.4 Å². The molecule has 0 aromatic heterocycles. The number of halogens is 1. The minimum absolute atomic E-state index is 0. The molecule has 1 aliphatic heterocycles. The van der Waals surface area contributed by atoms with E-state index in [0.717, 1.165) is 19.6 Å². The van der Waals surface area contributed by atoms with Crippen molar-refractivity contribution in [3.63, 3.8) is 0 Å². The van der Waals surface area contributed by atoms with Gasteiger partial charge in [-0.15, -0.1) is 12.4 Å². The predicted molar refractivity (Wildman–Crippen MR) is 73.3 cm³/mol. The number of hydrogen-bond acceptors (Lipinski definition) is 3. The predicted octanol–water partition coefficient (Wildman–Crippen LogP) is 0.897. The Morgan fingerprint density at radius 3 is 2.35 bits per heavy atom. The Labute approximate surface area is 111 Å². The summed E-state index contributed by atoms with van der Waals surface area (Å²) >= 11 is 0. The molecule has 1 fully saturated rings. The lowest BCUT2D eigenvalue weighted by molar-refractivity contribution is -0.122. The molecule has 0 saturated carbocycles. The van der Waals surface area contributed by atoms with Crippen molar-refractivity contribution in [2.75, 3.05) is 19.6 Å². The van der Waals surface area contributed by atoms with Crippen molar-refractivity contribution < 1.29 is 4.79 Å². The summed E-state index contributed by atoms with van der Waals surface area (Å²) < 4.78 is 0. The van der Waals surface area contributed by atoms with E-state index in [1.54, 1.807) is 0 Å². The summed E-state index contributed by atoms with van der Waals surface area (Å²) in [6.45, 7) is 9.19. The molecular formula is C12H26ClN3O. The second-order valence-corrected chi connectivity index (χ2v) is 5.80. The molecule has 0 unspecified atom stereocenters. The fourth-order valence-electron chi connectivity index (χ4n) is 2.20. The number of primary amides is 1. The van der Waals surface area contributed by atoms with Crippen molar-refractivity contribution in [1.82, 2.24) is 10.6 Å². The van der Waals surface area contributed by atoms with E-state index in [1.807, 2.05) is 20.8 Å². The smallest absolute Gasteiger partial charge is 0.235 e. The number of nitrogens with one attached hydrogen (secondary N) is 2. The number of carbonyl (C=O) groups is 1. The van der Waals surface area contributed by atoms with Gasteiger partial charge in [0.15, 0.2) is 0 Å². The van der Waals surface area contributed by atoms with Crippen molar-refractivity contribution in [3.05, 3.63) is 0 Å². The molecule has 102 valence electrons. The SMILES string of the molecule is CC(C)(C)[C@H](NCC1CCNCC1)C(N)=O.Cl. The van der Waals surface area contributed by atoms with Gasteiger partial charge in [0, 0.05) is 0 Å². The van der Waals surface area contributed by atoms with Gasteiger partial charge in [-0.3, -0.25) is 4.79 Å². The summed E-state index contributed by atoms with van der Waals surface area (Å²) in [4.78, 5) is 11.4. The zero-order valence-electron chi connectivity index (χ0n) is 11.1. The van der Waals surface area contributed by atoms with E-state index in [1.165, 1.54) is 12.8 Å². The highest BCUT2D eigenvalue weighted by atomic mass is 35.5. The van der Waals surface area contributed by atoms with Gasteiger partial charge in [-0.25, -0.2) is 0 Å². The summed E-state index contributed by atoms with van der Waals surface area (Å²) in [7, 11) is 0. The third-order valence-corrected chi connectivity index (χ3v) is 3.22. The Kier molecular flexibility index (Phi) is 7.05. The highest BCUT2D eigenvalue weighted by molar-refractivity contribution is 5.85. The van der Waals surface area contributed by atoms with E-state index in [2.05, 4.69) is 10.6 Å². The van der Waals surface area contributed by atoms with E-state index in [-0.39, 0.29) is 29.8 Å². The molecular weight excluding hydrogens is 238 g/mol. The van der Waals surface area contributed by atoms with Crippen LogP contribution in [-0.2, 0) is 4.79 Å². The number of hydrogen-bond donors (Lipinski definition) is 3. The van der Waals surface area contributed by atoms with Crippen LogP contribution in [0.2, 0.25) is 0 Å². The van der Waals surface area contributed by atoms with E-state index < -0.39 is 0 Å². The van der Waals surface area contributed by atoms with Crippen LogP contribution in [0.1, 0.15) is 33.6 Å². The minimum atomic E-state index is -0.249. The van der Waals surface area contributed by atoms with Crippen LogP contribution in [0.25, 0.3) is 0 Å². The first-order valence-corrected chi connectivity index (χ1v) is 6.14. The van der Waals surface area contributed by atoms with Crippen LogP contribution in [0.3, 0.4) is 0 Å². The normalized spacial score (nSPS) is 19.5. The molecule has 1 heterocycles. The number of rotatable bonds is 4. The second kappa shape index (κ2) is 7.19. The quantitative estimate of drug-likeness (QED) is 0.706. The molecule has 0 aromatic carbocycles. The monoisotopic (exact) mass is 263 g/mol. The van der Waals surface area contributed by atoms with Gasteiger partial charge in [-0.2, -0.15) is 0 Å².